The number of rotatable bonds is 3. The summed E-state index contributed by atoms with van der Waals surface area (Å²) in [5, 5.41) is 4.02. The average Bonchev–Trinajstić information content (AvgIpc) is 3.07. The van der Waals surface area contributed by atoms with Crippen molar-refractivity contribution in [3.8, 4) is 0 Å². The van der Waals surface area contributed by atoms with Gasteiger partial charge < -0.3 is 10.3 Å². The van der Waals surface area contributed by atoms with E-state index in [0.29, 0.717) is 11.7 Å². The minimum Gasteiger partial charge on any atom is -0.335 e. The van der Waals surface area contributed by atoms with Crippen LogP contribution in [0.4, 0.5) is 0 Å². The highest BCUT2D eigenvalue weighted by molar-refractivity contribution is 5.65. The lowest BCUT2D eigenvalue weighted by molar-refractivity contribution is 0.364. The second-order valence-electron chi connectivity index (χ2n) is 5.06. The van der Waals surface area contributed by atoms with Crippen LogP contribution in [0.3, 0.4) is 0 Å². The summed E-state index contributed by atoms with van der Waals surface area (Å²) in [4.78, 5) is 4.39. The van der Waals surface area contributed by atoms with Crippen LogP contribution in [0.5, 0.6) is 0 Å². The van der Waals surface area contributed by atoms with Gasteiger partial charge in [0.2, 0.25) is 0 Å². The molecule has 1 saturated carbocycles. The molecule has 0 saturated heterocycles. The molecule has 1 aromatic carbocycles. The molecule has 0 aliphatic heterocycles. The molecule has 98 valence electrons. The van der Waals surface area contributed by atoms with Crippen LogP contribution in [0.2, 0.25) is 0 Å². The Morgan fingerprint density at radius 2 is 1.84 bits per heavy atom. The fourth-order valence-corrected chi connectivity index (χ4v) is 2.47. The van der Waals surface area contributed by atoms with Crippen molar-refractivity contribution in [1.29, 1.82) is 0 Å². The Kier molecular flexibility index (Phi) is 3.17. The molecule has 2 N–H and O–H groups in total. The molecule has 4 heteroatoms. The number of hydrogen-bond donors (Lipinski definition) is 1. The van der Waals surface area contributed by atoms with Crippen molar-refractivity contribution >= 4 is 12.2 Å². The number of nitrogens with zero attached hydrogens (tertiary/aromatic N) is 2. The average molecular weight is 255 g/mol. The van der Waals surface area contributed by atoms with Gasteiger partial charge in [-0.3, -0.25) is 0 Å². The maximum Gasteiger partial charge on any atom is 0.250 e. The summed E-state index contributed by atoms with van der Waals surface area (Å²) in [6.07, 6.45) is 7.93. The summed E-state index contributed by atoms with van der Waals surface area (Å²) < 4.78 is 5.24. The smallest absolute Gasteiger partial charge is 0.250 e. The van der Waals surface area contributed by atoms with E-state index in [0.717, 1.165) is 31.2 Å². The molecule has 1 aliphatic rings. The first-order valence-electron chi connectivity index (χ1n) is 6.62. The molecule has 1 fully saturated rings. The first-order valence-corrected chi connectivity index (χ1v) is 6.62. The summed E-state index contributed by atoms with van der Waals surface area (Å²) in [6, 6.07) is 10.0. The number of benzene rings is 1. The van der Waals surface area contributed by atoms with Crippen LogP contribution in [0.15, 0.2) is 34.9 Å². The minimum absolute atomic E-state index is 0.387. The first kappa shape index (κ1) is 12.1. The van der Waals surface area contributed by atoms with E-state index in [1.54, 1.807) is 0 Å². The Hall–Kier alpha value is -1.94. The molecule has 0 amide bonds. The molecule has 0 radical (unpaired) electrons. The van der Waals surface area contributed by atoms with Crippen molar-refractivity contribution in [3.63, 3.8) is 0 Å². The van der Waals surface area contributed by atoms with Gasteiger partial charge in [0.25, 0.3) is 5.89 Å². The van der Waals surface area contributed by atoms with Crippen molar-refractivity contribution in [1.82, 2.24) is 10.1 Å². The topological polar surface area (TPSA) is 64.9 Å². The summed E-state index contributed by atoms with van der Waals surface area (Å²) in [7, 11) is 0. The van der Waals surface area contributed by atoms with E-state index in [9.17, 15) is 0 Å². The molecular weight excluding hydrogens is 238 g/mol. The maximum absolute atomic E-state index is 6.29. The fraction of sp³-hybridized carbons (Fsp3) is 0.333. The third-order valence-electron chi connectivity index (χ3n) is 3.60. The van der Waals surface area contributed by atoms with Gasteiger partial charge in [-0.2, -0.15) is 4.98 Å². The van der Waals surface area contributed by atoms with Crippen molar-refractivity contribution in [3.05, 3.63) is 47.6 Å². The fourth-order valence-electron chi connectivity index (χ4n) is 2.47. The van der Waals surface area contributed by atoms with Crippen molar-refractivity contribution in [2.24, 2.45) is 5.73 Å². The summed E-state index contributed by atoms with van der Waals surface area (Å²) in [5.74, 6) is 1.15. The van der Waals surface area contributed by atoms with Gasteiger partial charge in [-0.05, 0) is 24.5 Å². The molecule has 1 aromatic heterocycles. The van der Waals surface area contributed by atoms with Crippen LogP contribution >= 0.6 is 0 Å². The van der Waals surface area contributed by atoms with Crippen LogP contribution < -0.4 is 5.73 Å². The Balaban J connectivity index is 1.77. The van der Waals surface area contributed by atoms with Crippen LogP contribution in [-0.2, 0) is 5.54 Å². The van der Waals surface area contributed by atoms with Crippen LogP contribution in [0.1, 0.15) is 43.0 Å². The molecule has 0 bridgehead atoms. The molecule has 0 unspecified atom stereocenters. The number of hydrogen-bond acceptors (Lipinski definition) is 4. The lowest BCUT2D eigenvalue weighted by Gasteiger charge is -2.17. The lowest BCUT2D eigenvalue weighted by Crippen LogP contribution is -2.34. The molecule has 3 rings (SSSR count). The molecule has 4 nitrogen and oxygen atoms in total. The number of aromatic nitrogens is 2. The SMILES string of the molecule is NC1(c2noc(/C=C/c3ccccc3)n2)CCCC1. The third kappa shape index (κ3) is 2.58. The van der Waals surface area contributed by atoms with Crippen LogP contribution in [0, 0.1) is 0 Å². The summed E-state index contributed by atoms with van der Waals surface area (Å²) >= 11 is 0. The van der Waals surface area contributed by atoms with E-state index >= 15 is 0 Å². The predicted octanol–water partition coefficient (Wildman–Crippen LogP) is 2.97. The highest BCUT2D eigenvalue weighted by Gasteiger charge is 2.35. The first-order chi connectivity index (χ1) is 9.26. The van der Waals surface area contributed by atoms with Crippen LogP contribution in [-0.4, -0.2) is 10.1 Å². The Labute approximate surface area is 112 Å². The summed E-state index contributed by atoms with van der Waals surface area (Å²) in [5.41, 5.74) is 7.01. The zero-order chi connectivity index (χ0) is 13.1. The van der Waals surface area contributed by atoms with E-state index in [1.807, 2.05) is 42.5 Å². The molecule has 2 aromatic rings. The monoisotopic (exact) mass is 255 g/mol. The minimum atomic E-state index is -0.387. The zero-order valence-electron chi connectivity index (χ0n) is 10.7. The normalized spacial score (nSPS) is 18.2. The highest BCUT2D eigenvalue weighted by atomic mass is 16.5. The molecular formula is C15H17N3O. The van der Waals surface area contributed by atoms with E-state index < -0.39 is 0 Å². The van der Waals surface area contributed by atoms with Crippen molar-refractivity contribution in [2.75, 3.05) is 0 Å². The van der Waals surface area contributed by atoms with Gasteiger partial charge in [0, 0.05) is 6.08 Å². The second-order valence-corrected chi connectivity index (χ2v) is 5.06. The van der Waals surface area contributed by atoms with Gasteiger partial charge >= 0.3 is 0 Å². The van der Waals surface area contributed by atoms with Gasteiger partial charge in [0.15, 0.2) is 5.82 Å². The third-order valence-corrected chi connectivity index (χ3v) is 3.60. The van der Waals surface area contributed by atoms with Gasteiger partial charge in [-0.15, -0.1) is 0 Å². The predicted molar refractivity (Wildman–Crippen MR) is 74.0 cm³/mol. The van der Waals surface area contributed by atoms with E-state index in [-0.39, 0.29) is 5.54 Å². The standard InChI is InChI=1S/C15H17N3O/c16-15(10-4-5-11-15)14-17-13(19-18-14)9-8-12-6-2-1-3-7-12/h1-3,6-9H,4-5,10-11,16H2/b9-8+. The Morgan fingerprint density at radius 3 is 2.58 bits per heavy atom. The van der Waals surface area contributed by atoms with Gasteiger partial charge in [-0.1, -0.05) is 48.3 Å². The molecule has 1 heterocycles. The van der Waals surface area contributed by atoms with Crippen molar-refractivity contribution < 1.29 is 4.52 Å². The van der Waals surface area contributed by atoms with Gasteiger partial charge in [0.05, 0.1) is 5.54 Å². The molecule has 0 atom stereocenters. The quantitative estimate of drug-likeness (QED) is 0.915. The molecule has 19 heavy (non-hydrogen) atoms. The van der Waals surface area contributed by atoms with Crippen LogP contribution in [0.25, 0.3) is 12.2 Å². The van der Waals surface area contributed by atoms with Gasteiger partial charge in [-0.25, -0.2) is 0 Å². The lowest BCUT2D eigenvalue weighted by atomic mass is 9.99. The van der Waals surface area contributed by atoms with E-state index in [1.165, 1.54) is 0 Å². The van der Waals surface area contributed by atoms with E-state index in [4.69, 9.17) is 10.3 Å². The van der Waals surface area contributed by atoms with E-state index in [2.05, 4.69) is 10.1 Å². The molecule has 1 aliphatic carbocycles. The van der Waals surface area contributed by atoms with Crippen molar-refractivity contribution in [2.45, 2.75) is 31.2 Å². The Morgan fingerprint density at radius 1 is 1.11 bits per heavy atom. The largest absolute Gasteiger partial charge is 0.335 e. The summed E-state index contributed by atoms with van der Waals surface area (Å²) in [6.45, 7) is 0. The zero-order valence-corrected chi connectivity index (χ0v) is 10.7. The molecule has 0 spiro atoms. The maximum atomic E-state index is 6.29. The Bertz CT molecular complexity index is 568. The highest BCUT2D eigenvalue weighted by Crippen LogP contribution is 2.34. The number of nitrogens with two attached hydrogens (primary N) is 1. The van der Waals surface area contributed by atoms with Gasteiger partial charge in [0.1, 0.15) is 0 Å². The second kappa shape index (κ2) is 4.97.